The van der Waals surface area contributed by atoms with Crippen LogP contribution in [0.2, 0.25) is 5.02 Å². The van der Waals surface area contributed by atoms with Crippen LogP contribution < -0.4 is 5.32 Å². The summed E-state index contributed by atoms with van der Waals surface area (Å²) in [7, 11) is 0. The maximum Gasteiger partial charge on any atom is 0.283 e. The van der Waals surface area contributed by atoms with E-state index in [1.807, 2.05) is 0 Å². The molecule has 154 valence electrons. The van der Waals surface area contributed by atoms with Crippen LogP contribution >= 0.6 is 11.6 Å². The van der Waals surface area contributed by atoms with E-state index in [0.717, 1.165) is 5.56 Å². The molecule has 13 heteroatoms. The van der Waals surface area contributed by atoms with Crippen molar-refractivity contribution < 1.29 is 26.7 Å². The van der Waals surface area contributed by atoms with E-state index in [0.29, 0.717) is 4.68 Å². The number of carbonyl (C=O) groups is 1. The van der Waals surface area contributed by atoms with Crippen LogP contribution in [0.1, 0.15) is 29.8 Å². The lowest BCUT2D eigenvalue weighted by Gasteiger charge is -2.06. The number of aromatic nitrogens is 5. The third-order valence-electron chi connectivity index (χ3n) is 3.71. The summed E-state index contributed by atoms with van der Waals surface area (Å²) < 4.78 is 66.5. The zero-order valence-corrected chi connectivity index (χ0v) is 15.1. The van der Waals surface area contributed by atoms with Crippen LogP contribution in [-0.4, -0.2) is 30.5 Å². The fourth-order valence-corrected chi connectivity index (χ4v) is 2.75. The summed E-state index contributed by atoms with van der Waals surface area (Å²) in [5, 5.41) is 8.64. The van der Waals surface area contributed by atoms with Gasteiger partial charge in [-0.3, -0.25) is 14.8 Å². The number of hydrogen-bond acceptors (Lipinski definition) is 4. The van der Waals surface area contributed by atoms with Crippen molar-refractivity contribution in [3.8, 4) is 0 Å². The molecule has 0 spiro atoms. The smallest absolute Gasteiger partial charge is 0.283 e. The second kappa shape index (κ2) is 8.55. The Kier molecular flexibility index (Phi) is 6.11. The number of halogens is 6. The van der Waals surface area contributed by atoms with Crippen molar-refractivity contribution in [3.05, 3.63) is 58.4 Å². The molecule has 0 aliphatic heterocycles. The highest BCUT2D eigenvalue weighted by Crippen LogP contribution is 2.34. The summed E-state index contributed by atoms with van der Waals surface area (Å²) in [5.41, 5.74) is -1.29. The first-order valence-corrected chi connectivity index (χ1v) is 8.38. The Morgan fingerprint density at radius 1 is 1.10 bits per heavy atom. The first-order chi connectivity index (χ1) is 13.7. The van der Waals surface area contributed by atoms with Gasteiger partial charge in [-0.25, -0.2) is 31.6 Å². The summed E-state index contributed by atoms with van der Waals surface area (Å²) in [4.78, 5) is 15.9. The van der Waals surface area contributed by atoms with Gasteiger partial charge in [-0.15, -0.1) is 5.10 Å². The SMILES string of the molecule is O=C(Cn1nc(C(F)F)c(Cl)c1C(F)F)Nc1ncn(Cc2ccc(F)cc2)n1. The first kappa shape index (κ1) is 20.7. The number of anilines is 1. The summed E-state index contributed by atoms with van der Waals surface area (Å²) >= 11 is 5.53. The minimum Gasteiger partial charge on any atom is -0.292 e. The standard InChI is InChI=1S/C16H12ClF5N6O/c17-11-12(14(19)20)25-28(13(11)15(21)22)6-10(29)24-16-23-7-27(26-16)5-8-1-3-9(18)4-2-8/h1-4,7,14-15H,5-6H2,(H,24,26,29). The van der Waals surface area contributed by atoms with Gasteiger partial charge in [0, 0.05) is 0 Å². The highest BCUT2D eigenvalue weighted by atomic mass is 35.5. The lowest BCUT2D eigenvalue weighted by molar-refractivity contribution is -0.117. The zero-order chi connectivity index (χ0) is 21.1. The highest BCUT2D eigenvalue weighted by Gasteiger charge is 2.28. The van der Waals surface area contributed by atoms with Gasteiger partial charge >= 0.3 is 0 Å². The van der Waals surface area contributed by atoms with Crippen molar-refractivity contribution >= 4 is 23.5 Å². The van der Waals surface area contributed by atoms with E-state index in [2.05, 4.69) is 20.5 Å². The summed E-state index contributed by atoms with van der Waals surface area (Å²) in [6, 6.07) is 5.64. The van der Waals surface area contributed by atoms with Crippen LogP contribution in [0, 0.1) is 5.82 Å². The van der Waals surface area contributed by atoms with E-state index < -0.39 is 47.5 Å². The average molecular weight is 435 g/mol. The minimum atomic E-state index is -3.21. The number of alkyl halides is 4. The van der Waals surface area contributed by atoms with Crippen LogP contribution in [-0.2, 0) is 17.9 Å². The van der Waals surface area contributed by atoms with Gasteiger partial charge in [-0.2, -0.15) is 5.10 Å². The van der Waals surface area contributed by atoms with Crippen LogP contribution in [0.25, 0.3) is 0 Å². The molecule has 0 atom stereocenters. The minimum absolute atomic E-state index is 0.136. The third-order valence-corrected chi connectivity index (χ3v) is 4.10. The number of rotatable bonds is 7. The van der Waals surface area contributed by atoms with Crippen molar-refractivity contribution in [2.24, 2.45) is 0 Å². The Labute approximate surface area is 165 Å². The molecule has 0 bridgehead atoms. The number of hydrogen-bond donors (Lipinski definition) is 1. The molecule has 7 nitrogen and oxygen atoms in total. The van der Waals surface area contributed by atoms with Gasteiger partial charge in [0.25, 0.3) is 12.9 Å². The maximum absolute atomic E-state index is 13.1. The number of nitrogens with one attached hydrogen (secondary N) is 1. The molecular weight excluding hydrogens is 423 g/mol. The molecule has 0 aliphatic carbocycles. The molecule has 0 aliphatic rings. The van der Waals surface area contributed by atoms with E-state index in [4.69, 9.17) is 11.6 Å². The Bertz CT molecular complexity index is 1000. The van der Waals surface area contributed by atoms with Gasteiger partial charge in [0.1, 0.15) is 30.1 Å². The lowest BCUT2D eigenvalue weighted by atomic mass is 10.2. The van der Waals surface area contributed by atoms with Crippen molar-refractivity contribution in [1.82, 2.24) is 24.5 Å². The molecule has 29 heavy (non-hydrogen) atoms. The summed E-state index contributed by atoms with van der Waals surface area (Å²) in [6.45, 7) is -0.552. The first-order valence-electron chi connectivity index (χ1n) is 8.00. The largest absolute Gasteiger partial charge is 0.292 e. The number of benzene rings is 1. The monoisotopic (exact) mass is 434 g/mol. The maximum atomic E-state index is 13.1. The summed E-state index contributed by atoms with van der Waals surface area (Å²) in [5.74, 6) is -1.40. The number of amides is 1. The van der Waals surface area contributed by atoms with Crippen molar-refractivity contribution in [3.63, 3.8) is 0 Å². The van der Waals surface area contributed by atoms with E-state index in [1.165, 1.54) is 23.1 Å². The predicted molar refractivity (Wildman–Crippen MR) is 91.3 cm³/mol. The highest BCUT2D eigenvalue weighted by molar-refractivity contribution is 6.32. The molecule has 0 saturated heterocycles. The second-order valence-corrected chi connectivity index (χ2v) is 6.16. The van der Waals surface area contributed by atoms with Crippen molar-refractivity contribution in [2.45, 2.75) is 25.9 Å². The molecule has 0 radical (unpaired) electrons. The molecule has 0 unspecified atom stereocenters. The van der Waals surface area contributed by atoms with Crippen molar-refractivity contribution in [1.29, 1.82) is 0 Å². The predicted octanol–water partition coefficient (Wildman–Crippen LogP) is 3.83. The van der Waals surface area contributed by atoms with Gasteiger partial charge in [-0.1, -0.05) is 23.7 Å². The molecule has 0 fully saturated rings. The van der Waals surface area contributed by atoms with E-state index in [9.17, 15) is 26.7 Å². The third kappa shape index (κ3) is 4.88. The fourth-order valence-electron chi connectivity index (χ4n) is 2.45. The van der Waals surface area contributed by atoms with Crippen LogP contribution in [0.5, 0.6) is 0 Å². The Balaban J connectivity index is 1.68. The fraction of sp³-hybridized carbons (Fsp3) is 0.250. The van der Waals surface area contributed by atoms with Crippen LogP contribution in [0.3, 0.4) is 0 Å². The van der Waals surface area contributed by atoms with E-state index in [-0.39, 0.29) is 12.5 Å². The van der Waals surface area contributed by atoms with E-state index >= 15 is 0 Å². The Morgan fingerprint density at radius 3 is 2.41 bits per heavy atom. The van der Waals surface area contributed by atoms with E-state index in [1.54, 1.807) is 12.1 Å². The molecule has 3 aromatic rings. The summed E-state index contributed by atoms with van der Waals surface area (Å²) in [6.07, 6.45) is -5.08. The molecule has 1 N–H and O–H groups in total. The average Bonchev–Trinajstić information content (AvgIpc) is 3.20. The van der Waals surface area contributed by atoms with Gasteiger partial charge in [0.05, 0.1) is 11.6 Å². The lowest BCUT2D eigenvalue weighted by Crippen LogP contribution is -2.22. The molecule has 1 amide bonds. The molecule has 2 aromatic heterocycles. The molecular formula is C16H12ClF5N6O. The van der Waals surface area contributed by atoms with Gasteiger partial charge in [0.2, 0.25) is 11.9 Å². The quantitative estimate of drug-likeness (QED) is 0.573. The topological polar surface area (TPSA) is 77.6 Å². The van der Waals surface area contributed by atoms with Gasteiger partial charge < -0.3 is 0 Å². The molecule has 0 saturated carbocycles. The number of carbonyl (C=O) groups excluding carboxylic acids is 1. The zero-order valence-electron chi connectivity index (χ0n) is 14.4. The normalized spacial score (nSPS) is 11.4. The van der Waals surface area contributed by atoms with Crippen LogP contribution in [0.15, 0.2) is 30.6 Å². The van der Waals surface area contributed by atoms with Crippen molar-refractivity contribution in [2.75, 3.05) is 5.32 Å². The number of nitrogens with zero attached hydrogens (tertiary/aromatic N) is 5. The Hall–Kier alpha value is -3.02. The molecule has 1 aromatic carbocycles. The second-order valence-electron chi connectivity index (χ2n) is 5.78. The van der Waals surface area contributed by atoms with Crippen LogP contribution in [0.4, 0.5) is 27.9 Å². The molecule has 2 heterocycles. The van der Waals surface area contributed by atoms with Gasteiger partial charge in [0.15, 0.2) is 0 Å². The molecule has 3 rings (SSSR count). The van der Waals surface area contributed by atoms with Gasteiger partial charge in [-0.05, 0) is 17.7 Å². The Morgan fingerprint density at radius 2 is 1.79 bits per heavy atom.